The molecule has 1 aromatic rings. The van der Waals surface area contributed by atoms with E-state index < -0.39 is 5.60 Å². The first-order valence-corrected chi connectivity index (χ1v) is 4.65. The van der Waals surface area contributed by atoms with Gasteiger partial charge in [-0.3, -0.25) is 0 Å². The van der Waals surface area contributed by atoms with Crippen LogP contribution >= 0.6 is 0 Å². The fourth-order valence-electron chi connectivity index (χ4n) is 0.846. The molecule has 0 aliphatic rings. The van der Waals surface area contributed by atoms with E-state index in [0.717, 1.165) is 5.56 Å². The van der Waals surface area contributed by atoms with Crippen LogP contribution in [0.2, 0.25) is 0 Å². The Morgan fingerprint density at radius 3 is 1.20 bits per heavy atom. The van der Waals surface area contributed by atoms with Crippen LogP contribution in [-0.2, 0) is 67.1 Å². The molecular weight excluding hydrogens is 422 g/mol. The standard InChI is InChI=1S/C10H10O.6CO.2Co/c1-3-10(2,11)9-7-5-4-6-8-9;6*1-2;;/h1,4-8,11H,2H3;;;;;;;;. The van der Waals surface area contributed by atoms with Gasteiger partial charge in [0.2, 0.25) is 0 Å². The average molecular weight is 432 g/mol. The molecule has 0 amide bonds. The number of hydrogen-bond acceptors (Lipinski definition) is 1. The molecule has 0 aliphatic carbocycles. The van der Waals surface area contributed by atoms with Gasteiger partial charge in [0.05, 0.1) is 0 Å². The third-order valence-corrected chi connectivity index (χ3v) is 1.62. The first-order valence-electron chi connectivity index (χ1n) is 4.65. The summed E-state index contributed by atoms with van der Waals surface area (Å²) in [6.45, 7) is 28.6. The van der Waals surface area contributed by atoms with Gasteiger partial charge in [0.25, 0.3) is 0 Å². The quantitative estimate of drug-likeness (QED) is 0.399. The van der Waals surface area contributed by atoms with Gasteiger partial charge < -0.3 is 5.11 Å². The molecule has 1 unspecified atom stereocenters. The van der Waals surface area contributed by atoms with Crippen molar-refractivity contribution >= 4 is 0 Å². The van der Waals surface area contributed by atoms with Crippen molar-refractivity contribution in [3.63, 3.8) is 0 Å². The number of rotatable bonds is 1. The van der Waals surface area contributed by atoms with Gasteiger partial charge in [0, 0.05) is 33.6 Å². The average Bonchev–Trinajstić information content (AvgIpc) is 2.72. The summed E-state index contributed by atoms with van der Waals surface area (Å²) >= 11 is 0. The fourth-order valence-corrected chi connectivity index (χ4v) is 0.846. The molecule has 0 bridgehead atoms. The van der Waals surface area contributed by atoms with Gasteiger partial charge in [-0.25, -0.2) is 0 Å². The van der Waals surface area contributed by atoms with E-state index in [-0.39, 0.29) is 33.6 Å². The van der Waals surface area contributed by atoms with E-state index in [1.165, 1.54) is 0 Å². The summed E-state index contributed by atoms with van der Waals surface area (Å²) in [5.41, 5.74) is -0.385. The molecule has 0 heterocycles. The Labute approximate surface area is 167 Å². The van der Waals surface area contributed by atoms with Crippen molar-refractivity contribution in [3.05, 3.63) is 75.8 Å². The summed E-state index contributed by atoms with van der Waals surface area (Å²) in [4.78, 5) is 0. The molecule has 0 aliphatic heterocycles. The minimum atomic E-state index is -1.14. The summed E-state index contributed by atoms with van der Waals surface area (Å²) < 4.78 is 45.0. The molecule has 0 aromatic heterocycles. The van der Waals surface area contributed by atoms with E-state index in [2.05, 4.69) is 45.8 Å². The molecule has 1 aromatic carbocycles. The van der Waals surface area contributed by atoms with Crippen LogP contribution in [0.1, 0.15) is 12.5 Å². The van der Waals surface area contributed by atoms with E-state index in [1.807, 2.05) is 18.2 Å². The van der Waals surface area contributed by atoms with Crippen molar-refractivity contribution in [2.24, 2.45) is 0 Å². The Bertz CT molecular complexity index is 460. The Hall–Kier alpha value is -1.81. The SMILES string of the molecule is C#CC(C)(O)c1ccccc1.[C-]#[O+].[C-]#[O+].[C-]#[O+].[C-]#[O+].[C-]#[O+].[C-]#[O+].[Co].[Co]. The molecule has 0 saturated carbocycles. The molecule has 134 valence electrons. The monoisotopic (exact) mass is 432 g/mol. The number of aliphatic hydroxyl groups is 1. The summed E-state index contributed by atoms with van der Waals surface area (Å²) in [6, 6.07) is 9.19. The molecule has 7 nitrogen and oxygen atoms in total. The van der Waals surface area contributed by atoms with Crippen LogP contribution < -0.4 is 0 Å². The van der Waals surface area contributed by atoms with E-state index in [1.54, 1.807) is 19.1 Å². The second-order valence-corrected chi connectivity index (χ2v) is 2.58. The van der Waals surface area contributed by atoms with Crippen LogP contribution in [0.5, 0.6) is 0 Å². The van der Waals surface area contributed by atoms with Crippen molar-refractivity contribution in [1.29, 1.82) is 0 Å². The van der Waals surface area contributed by atoms with Gasteiger partial charge in [0.1, 0.15) is 5.60 Å². The maximum Gasteiger partial charge on any atom is 0 e. The zero-order valence-electron chi connectivity index (χ0n) is 12.5. The normalized spacial score (nSPS) is 7.08. The third kappa shape index (κ3) is 39.2. The predicted molar refractivity (Wildman–Crippen MR) is 68.4 cm³/mol. The summed E-state index contributed by atoms with van der Waals surface area (Å²) in [5.74, 6) is 2.31. The maximum atomic E-state index is 9.56. The summed E-state index contributed by atoms with van der Waals surface area (Å²) in [5, 5.41) is 9.56. The largest absolute Gasteiger partial charge is 0 e. The van der Waals surface area contributed by atoms with Crippen molar-refractivity contribution in [2.45, 2.75) is 12.5 Å². The first kappa shape index (κ1) is 49.5. The molecule has 9 heteroatoms. The van der Waals surface area contributed by atoms with Gasteiger partial charge >= 0.3 is 67.8 Å². The van der Waals surface area contributed by atoms with Gasteiger partial charge in [-0.05, 0) is 12.5 Å². The molecule has 0 saturated heterocycles. The van der Waals surface area contributed by atoms with Crippen LogP contribution in [0, 0.1) is 52.2 Å². The molecule has 1 rings (SSSR count). The molecule has 1 atom stereocenters. The second-order valence-electron chi connectivity index (χ2n) is 2.58. The van der Waals surface area contributed by atoms with Gasteiger partial charge in [-0.15, -0.1) is 6.42 Å². The zero-order chi connectivity index (χ0) is 20.3. The first-order chi connectivity index (χ1) is 11.2. The second kappa shape index (κ2) is 57.3. The fraction of sp³-hybridized carbons (Fsp3) is 0.125. The molecule has 1 N–H and O–H groups in total. The Balaban J connectivity index is -0.0000000297. The Morgan fingerprint density at radius 2 is 1.00 bits per heavy atom. The van der Waals surface area contributed by atoms with Gasteiger partial charge in [0.15, 0.2) is 0 Å². The minimum Gasteiger partial charge on any atom is 0 e. The van der Waals surface area contributed by atoms with E-state index >= 15 is 0 Å². The zero-order valence-corrected chi connectivity index (χ0v) is 14.6. The van der Waals surface area contributed by atoms with Gasteiger partial charge in [-0.1, -0.05) is 36.3 Å². The smallest absolute Gasteiger partial charge is 0 e. The predicted octanol–water partition coefficient (Wildman–Crippen LogP) is 1.30. The molecule has 2 radical (unpaired) electrons. The van der Waals surface area contributed by atoms with Crippen LogP contribution in [0.4, 0.5) is 0 Å². The van der Waals surface area contributed by atoms with Crippen molar-refractivity contribution < 1.29 is 66.6 Å². The van der Waals surface area contributed by atoms with E-state index in [0.29, 0.717) is 0 Å². The van der Waals surface area contributed by atoms with Crippen LogP contribution in [0.3, 0.4) is 0 Å². The topological polar surface area (TPSA) is 140 Å². The number of hydrogen-bond donors (Lipinski definition) is 1. The molecule has 0 fully saturated rings. The van der Waals surface area contributed by atoms with Gasteiger partial charge in [-0.2, -0.15) is 0 Å². The van der Waals surface area contributed by atoms with Crippen molar-refractivity contribution in [3.8, 4) is 12.3 Å². The van der Waals surface area contributed by atoms with E-state index in [9.17, 15) is 5.11 Å². The number of terminal acetylenes is 1. The molecule has 25 heavy (non-hydrogen) atoms. The van der Waals surface area contributed by atoms with Crippen molar-refractivity contribution in [1.82, 2.24) is 0 Å². The van der Waals surface area contributed by atoms with Crippen molar-refractivity contribution in [2.75, 3.05) is 0 Å². The van der Waals surface area contributed by atoms with Crippen LogP contribution in [-0.4, -0.2) is 5.11 Å². The maximum absolute atomic E-state index is 9.56. The number of benzene rings is 1. The minimum absolute atomic E-state index is 0. The third-order valence-electron chi connectivity index (χ3n) is 1.62. The summed E-state index contributed by atoms with van der Waals surface area (Å²) in [7, 11) is 0. The Kier molecular flexibility index (Phi) is 113. The summed E-state index contributed by atoms with van der Waals surface area (Å²) in [6.07, 6.45) is 5.14. The molecule has 0 spiro atoms. The van der Waals surface area contributed by atoms with Crippen LogP contribution in [0.15, 0.2) is 30.3 Å². The van der Waals surface area contributed by atoms with Crippen LogP contribution in [0.25, 0.3) is 0 Å². The Morgan fingerprint density at radius 1 is 0.760 bits per heavy atom. The molecular formula is C16H10Co2O7. The van der Waals surface area contributed by atoms with E-state index in [4.69, 9.17) is 34.3 Å².